The lowest BCUT2D eigenvalue weighted by molar-refractivity contribution is 0.0519. The lowest BCUT2D eigenvalue weighted by Crippen LogP contribution is -2.11. The highest BCUT2D eigenvalue weighted by atomic mass is 127. The van der Waals surface area contributed by atoms with Gasteiger partial charge in [-0.3, -0.25) is 0 Å². The van der Waals surface area contributed by atoms with Crippen molar-refractivity contribution in [1.29, 1.82) is 0 Å². The van der Waals surface area contributed by atoms with E-state index in [4.69, 9.17) is 9.47 Å². The van der Waals surface area contributed by atoms with Gasteiger partial charge in [0.2, 0.25) is 5.88 Å². The first-order valence-electron chi connectivity index (χ1n) is 4.71. The molecule has 0 atom stereocenters. The standard InChI is InChI=1S/C10H10F2INO3/c1-3-17-10(15)7-5(13)4-6(8(11)12)14-9(7)16-2/h4,8H,3H2,1-2H3. The van der Waals surface area contributed by atoms with E-state index in [1.165, 1.54) is 7.11 Å². The number of carbonyl (C=O) groups excluding carboxylic acids is 1. The fourth-order valence-electron chi connectivity index (χ4n) is 1.16. The van der Waals surface area contributed by atoms with E-state index in [2.05, 4.69) is 4.98 Å². The third kappa shape index (κ3) is 3.24. The number of ether oxygens (including phenoxy) is 2. The molecule has 0 N–H and O–H groups in total. The van der Waals surface area contributed by atoms with Crippen LogP contribution >= 0.6 is 22.6 Å². The number of esters is 1. The minimum atomic E-state index is -2.71. The van der Waals surface area contributed by atoms with Crippen molar-refractivity contribution in [1.82, 2.24) is 4.98 Å². The third-order valence-electron chi connectivity index (χ3n) is 1.85. The van der Waals surface area contributed by atoms with Gasteiger partial charge in [-0.25, -0.2) is 18.6 Å². The van der Waals surface area contributed by atoms with E-state index in [1.807, 2.05) is 0 Å². The molecule has 0 aromatic carbocycles. The Labute approximate surface area is 110 Å². The van der Waals surface area contributed by atoms with Gasteiger partial charge < -0.3 is 9.47 Å². The molecular formula is C10H10F2INO3. The Kier molecular flexibility index (Phi) is 5.03. The molecule has 1 aromatic heterocycles. The van der Waals surface area contributed by atoms with Gasteiger partial charge in [-0.1, -0.05) is 0 Å². The minimum Gasteiger partial charge on any atom is -0.480 e. The number of hydrogen-bond donors (Lipinski definition) is 0. The fourth-order valence-corrected chi connectivity index (χ4v) is 1.93. The molecule has 0 amide bonds. The van der Waals surface area contributed by atoms with Crippen LogP contribution in [0.25, 0.3) is 0 Å². The highest BCUT2D eigenvalue weighted by Gasteiger charge is 2.22. The van der Waals surface area contributed by atoms with Gasteiger partial charge in [0.05, 0.1) is 13.7 Å². The molecule has 0 aliphatic heterocycles. The van der Waals surface area contributed by atoms with Crippen LogP contribution in [0, 0.1) is 3.57 Å². The Balaban J connectivity index is 3.25. The van der Waals surface area contributed by atoms with Crippen LogP contribution in [-0.2, 0) is 4.74 Å². The van der Waals surface area contributed by atoms with Gasteiger partial charge in [-0.15, -0.1) is 0 Å². The molecule has 0 fully saturated rings. The smallest absolute Gasteiger partial charge is 0.344 e. The lowest BCUT2D eigenvalue weighted by atomic mass is 10.2. The lowest BCUT2D eigenvalue weighted by Gasteiger charge is -2.10. The Hall–Kier alpha value is -0.990. The van der Waals surface area contributed by atoms with E-state index in [0.29, 0.717) is 3.57 Å². The Morgan fingerprint density at radius 2 is 2.24 bits per heavy atom. The van der Waals surface area contributed by atoms with Gasteiger partial charge in [0.1, 0.15) is 11.3 Å². The van der Waals surface area contributed by atoms with Crippen molar-refractivity contribution in [2.75, 3.05) is 13.7 Å². The topological polar surface area (TPSA) is 48.4 Å². The molecule has 0 aliphatic carbocycles. The molecular weight excluding hydrogens is 347 g/mol. The molecule has 17 heavy (non-hydrogen) atoms. The van der Waals surface area contributed by atoms with Crippen molar-refractivity contribution in [3.05, 3.63) is 20.9 Å². The van der Waals surface area contributed by atoms with Gasteiger partial charge >= 0.3 is 5.97 Å². The monoisotopic (exact) mass is 357 g/mol. The van der Waals surface area contributed by atoms with E-state index < -0.39 is 18.1 Å². The average Bonchev–Trinajstić information content (AvgIpc) is 2.27. The second-order valence-corrected chi connectivity index (χ2v) is 4.10. The number of pyridine rings is 1. The first kappa shape index (κ1) is 14.1. The number of carbonyl (C=O) groups is 1. The van der Waals surface area contributed by atoms with Crippen LogP contribution in [0.15, 0.2) is 6.07 Å². The first-order valence-corrected chi connectivity index (χ1v) is 5.78. The molecule has 7 heteroatoms. The summed E-state index contributed by atoms with van der Waals surface area (Å²) in [5.41, 5.74) is -0.362. The Morgan fingerprint density at radius 3 is 2.71 bits per heavy atom. The van der Waals surface area contributed by atoms with Gasteiger partial charge in [-0.2, -0.15) is 0 Å². The number of rotatable bonds is 4. The van der Waals surface area contributed by atoms with E-state index in [1.54, 1.807) is 29.5 Å². The van der Waals surface area contributed by atoms with Crippen molar-refractivity contribution in [2.45, 2.75) is 13.3 Å². The maximum Gasteiger partial charge on any atom is 0.344 e. The van der Waals surface area contributed by atoms with Crippen LogP contribution in [0.5, 0.6) is 5.88 Å². The molecule has 1 heterocycles. The summed E-state index contributed by atoms with van der Waals surface area (Å²) < 4.78 is 35.0. The zero-order chi connectivity index (χ0) is 13.0. The normalized spacial score (nSPS) is 10.5. The number of methoxy groups -OCH3 is 1. The maximum absolute atomic E-state index is 12.5. The van der Waals surface area contributed by atoms with E-state index in [9.17, 15) is 13.6 Å². The number of halogens is 3. The average molecular weight is 357 g/mol. The quantitative estimate of drug-likeness (QED) is 0.614. The first-order chi connectivity index (χ1) is 8.01. The summed E-state index contributed by atoms with van der Waals surface area (Å²) in [4.78, 5) is 15.2. The van der Waals surface area contributed by atoms with Gasteiger partial charge in [-0.05, 0) is 35.6 Å². The minimum absolute atomic E-state index is 0.0688. The Bertz CT molecular complexity index is 426. The second kappa shape index (κ2) is 6.08. The summed E-state index contributed by atoms with van der Waals surface area (Å²) in [5.74, 6) is -0.785. The van der Waals surface area contributed by atoms with Crippen molar-refractivity contribution in [3.63, 3.8) is 0 Å². The molecule has 0 bridgehead atoms. The van der Waals surface area contributed by atoms with Crippen LogP contribution in [0.2, 0.25) is 0 Å². The summed E-state index contributed by atoms with van der Waals surface area (Å²) >= 11 is 1.77. The molecule has 1 rings (SSSR count). The maximum atomic E-state index is 12.5. The van der Waals surface area contributed by atoms with Crippen LogP contribution in [0.3, 0.4) is 0 Å². The highest BCUT2D eigenvalue weighted by molar-refractivity contribution is 14.1. The summed E-state index contributed by atoms with van der Waals surface area (Å²) in [5, 5.41) is 0. The SMILES string of the molecule is CCOC(=O)c1c(I)cc(C(F)F)nc1OC. The van der Waals surface area contributed by atoms with Gasteiger partial charge in [0, 0.05) is 3.57 Å². The Morgan fingerprint density at radius 1 is 1.59 bits per heavy atom. The van der Waals surface area contributed by atoms with E-state index in [-0.39, 0.29) is 18.1 Å². The number of aromatic nitrogens is 1. The largest absolute Gasteiger partial charge is 0.480 e. The van der Waals surface area contributed by atoms with Crippen molar-refractivity contribution in [3.8, 4) is 5.88 Å². The molecule has 0 aliphatic rings. The molecule has 0 spiro atoms. The molecule has 0 unspecified atom stereocenters. The summed E-state index contributed by atoms with van der Waals surface area (Å²) in [6.45, 7) is 1.84. The molecule has 0 radical (unpaired) electrons. The van der Waals surface area contributed by atoms with E-state index in [0.717, 1.165) is 6.07 Å². The predicted molar refractivity (Wildman–Crippen MR) is 64.4 cm³/mol. The molecule has 4 nitrogen and oxygen atoms in total. The van der Waals surface area contributed by atoms with Crippen LogP contribution in [0.4, 0.5) is 8.78 Å². The number of nitrogens with zero attached hydrogens (tertiary/aromatic N) is 1. The van der Waals surface area contributed by atoms with Crippen LogP contribution < -0.4 is 4.74 Å². The van der Waals surface area contributed by atoms with Crippen LogP contribution in [0.1, 0.15) is 29.4 Å². The van der Waals surface area contributed by atoms with E-state index >= 15 is 0 Å². The highest BCUT2D eigenvalue weighted by Crippen LogP contribution is 2.28. The van der Waals surface area contributed by atoms with Crippen molar-refractivity contribution >= 4 is 28.6 Å². The number of hydrogen-bond acceptors (Lipinski definition) is 4. The zero-order valence-corrected chi connectivity index (χ0v) is 11.3. The van der Waals surface area contributed by atoms with Gasteiger partial charge in [0.15, 0.2) is 0 Å². The van der Waals surface area contributed by atoms with Crippen molar-refractivity contribution < 1.29 is 23.0 Å². The molecule has 1 aromatic rings. The fraction of sp³-hybridized carbons (Fsp3) is 0.400. The molecule has 0 saturated carbocycles. The molecule has 0 saturated heterocycles. The van der Waals surface area contributed by atoms with Gasteiger partial charge in [0.25, 0.3) is 6.43 Å². The summed E-state index contributed by atoms with van der Waals surface area (Å²) in [7, 11) is 1.26. The van der Waals surface area contributed by atoms with Crippen LogP contribution in [-0.4, -0.2) is 24.7 Å². The summed E-state index contributed by atoms with van der Waals surface area (Å²) in [6, 6.07) is 1.14. The summed E-state index contributed by atoms with van der Waals surface area (Å²) in [6.07, 6.45) is -2.71. The number of alkyl halides is 2. The molecule has 94 valence electrons. The zero-order valence-electron chi connectivity index (χ0n) is 9.17. The predicted octanol–water partition coefficient (Wildman–Crippen LogP) is 2.81. The second-order valence-electron chi connectivity index (χ2n) is 2.93. The van der Waals surface area contributed by atoms with Crippen molar-refractivity contribution in [2.24, 2.45) is 0 Å². The third-order valence-corrected chi connectivity index (χ3v) is 2.71.